The Labute approximate surface area is 122 Å². The third kappa shape index (κ3) is 13.1. The number of carbonyl (C=O) groups is 2. The van der Waals surface area contributed by atoms with Gasteiger partial charge in [0.25, 0.3) is 0 Å². The lowest BCUT2D eigenvalue weighted by Crippen LogP contribution is -2.06. The van der Waals surface area contributed by atoms with Crippen molar-refractivity contribution in [1.82, 2.24) is 0 Å². The summed E-state index contributed by atoms with van der Waals surface area (Å²) < 4.78 is 9.91. The molecule has 0 aliphatic heterocycles. The van der Waals surface area contributed by atoms with Gasteiger partial charge in [0.1, 0.15) is 0 Å². The number of ether oxygens (including phenoxy) is 2. The van der Waals surface area contributed by atoms with Gasteiger partial charge in [-0.05, 0) is 12.8 Å². The Morgan fingerprint density at radius 2 is 1.10 bits per heavy atom. The minimum atomic E-state index is -0.485. The summed E-state index contributed by atoms with van der Waals surface area (Å²) in [4.78, 5) is 22.5. The lowest BCUT2D eigenvalue weighted by Gasteiger charge is -2.02. The standard InChI is InChI=1S/C16H28O4/c1-3-5-7-8-10-14-20-16(18)12-11-15(17)19-13-9-6-4-2/h11-12H,3-10,13-14H2,1-2H3/b12-11+. The van der Waals surface area contributed by atoms with E-state index in [9.17, 15) is 9.59 Å². The molecular formula is C16H28O4. The Morgan fingerprint density at radius 3 is 1.60 bits per heavy atom. The van der Waals surface area contributed by atoms with Crippen LogP contribution in [0.3, 0.4) is 0 Å². The fourth-order valence-corrected chi connectivity index (χ4v) is 1.64. The summed E-state index contributed by atoms with van der Waals surface area (Å²) in [6, 6.07) is 0. The van der Waals surface area contributed by atoms with Crippen LogP contribution in [0.5, 0.6) is 0 Å². The smallest absolute Gasteiger partial charge is 0.331 e. The second kappa shape index (κ2) is 14.1. The molecule has 0 atom stereocenters. The zero-order chi connectivity index (χ0) is 15.1. The van der Waals surface area contributed by atoms with E-state index >= 15 is 0 Å². The van der Waals surface area contributed by atoms with Crippen LogP contribution in [0.15, 0.2) is 12.2 Å². The van der Waals surface area contributed by atoms with Gasteiger partial charge in [0, 0.05) is 12.2 Å². The lowest BCUT2D eigenvalue weighted by molar-refractivity contribution is -0.140. The van der Waals surface area contributed by atoms with Crippen molar-refractivity contribution in [3.63, 3.8) is 0 Å². The molecule has 4 heteroatoms. The van der Waals surface area contributed by atoms with Crippen LogP contribution >= 0.6 is 0 Å². The van der Waals surface area contributed by atoms with E-state index in [1.54, 1.807) is 0 Å². The Morgan fingerprint density at radius 1 is 0.700 bits per heavy atom. The third-order valence-corrected chi connectivity index (χ3v) is 2.84. The van der Waals surface area contributed by atoms with Gasteiger partial charge in [0.15, 0.2) is 0 Å². The van der Waals surface area contributed by atoms with E-state index < -0.39 is 11.9 Å². The zero-order valence-corrected chi connectivity index (χ0v) is 12.9. The second-order valence-electron chi connectivity index (χ2n) is 4.79. The van der Waals surface area contributed by atoms with Gasteiger partial charge < -0.3 is 9.47 Å². The Kier molecular flexibility index (Phi) is 13.2. The molecular weight excluding hydrogens is 256 g/mol. The maximum Gasteiger partial charge on any atom is 0.331 e. The molecule has 0 aromatic rings. The van der Waals surface area contributed by atoms with Gasteiger partial charge in [-0.3, -0.25) is 0 Å². The number of hydrogen-bond acceptors (Lipinski definition) is 4. The molecule has 0 aromatic carbocycles. The topological polar surface area (TPSA) is 52.6 Å². The van der Waals surface area contributed by atoms with Crippen LogP contribution in [-0.4, -0.2) is 25.2 Å². The first-order chi connectivity index (χ1) is 9.70. The first-order valence-electron chi connectivity index (χ1n) is 7.72. The second-order valence-corrected chi connectivity index (χ2v) is 4.79. The molecule has 0 aliphatic rings. The quantitative estimate of drug-likeness (QED) is 0.311. The van der Waals surface area contributed by atoms with E-state index in [1.165, 1.54) is 19.3 Å². The van der Waals surface area contributed by atoms with Gasteiger partial charge in [-0.25, -0.2) is 9.59 Å². The van der Waals surface area contributed by atoms with E-state index in [2.05, 4.69) is 13.8 Å². The maximum atomic E-state index is 11.3. The molecule has 0 aliphatic carbocycles. The van der Waals surface area contributed by atoms with Crippen LogP contribution < -0.4 is 0 Å². The molecule has 0 amide bonds. The summed E-state index contributed by atoms with van der Waals surface area (Å²) in [5.41, 5.74) is 0. The molecule has 0 radical (unpaired) electrons. The monoisotopic (exact) mass is 284 g/mol. The molecule has 0 saturated carbocycles. The molecule has 0 spiro atoms. The Balaban J connectivity index is 3.53. The number of esters is 2. The van der Waals surface area contributed by atoms with Crippen molar-refractivity contribution >= 4 is 11.9 Å². The molecule has 4 nitrogen and oxygen atoms in total. The number of carbonyl (C=O) groups excluding carboxylic acids is 2. The Bertz CT molecular complexity index is 284. The molecule has 0 rings (SSSR count). The highest BCUT2D eigenvalue weighted by molar-refractivity contribution is 5.91. The van der Waals surface area contributed by atoms with Crippen LogP contribution in [0.25, 0.3) is 0 Å². The van der Waals surface area contributed by atoms with Gasteiger partial charge in [0.05, 0.1) is 13.2 Å². The van der Waals surface area contributed by atoms with Crippen LogP contribution in [0.1, 0.15) is 65.2 Å². The highest BCUT2D eigenvalue weighted by Crippen LogP contribution is 2.02. The zero-order valence-electron chi connectivity index (χ0n) is 12.9. The van der Waals surface area contributed by atoms with E-state index in [0.717, 1.165) is 44.3 Å². The minimum Gasteiger partial charge on any atom is -0.463 e. The summed E-state index contributed by atoms with van der Waals surface area (Å²) in [5.74, 6) is -0.966. The normalized spacial score (nSPS) is 10.7. The van der Waals surface area contributed by atoms with Crippen LogP contribution in [-0.2, 0) is 19.1 Å². The highest BCUT2D eigenvalue weighted by atomic mass is 16.5. The molecule has 20 heavy (non-hydrogen) atoms. The van der Waals surface area contributed by atoms with Crippen LogP contribution in [0.2, 0.25) is 0 Å². The minimum absolute atomic E-state index is 0.406. The number of unbranched alkanes of at least 4 members (excludes halogenated alkanes) is 6. The predicted octanol–water partition coefficient (Wildman–Crippen LogP) is 3.79. The van der Waals surface area contributed by atoms with Crippen LogP contribution in [0.4, 0.5) is 0 Å². The molecule has 0 aromatic heterocycles. The number of rotatable bonds is 12. The van der Waals surface area contributed by atoms with Crippen LogP contribution in [0, 0.1) is 0 Å². The molecule has 0 unspecified atom stereocenters. The maximum absolute atomic E-state index is 11.3. The average molecular weight is 284 g/mol. The molecule has 0 bridgehead atoms. The van der Waals surface area contributed by atoms with Crippen molar-refractivity contribution in [3.05, 3.63) is 12.2 Å². The number of hydrogen-bond donors (Lipinski definition) is 0. The van der Waals surface area contributed by atoms with E-state index in [1.807, 2.05) is 0 Å². The lowest BCUT2D eigenvalue weighted by atomic mass is 10.2. The first-order valence-corrected chi connectivity index (χ1v) is 7.72. The van der Waals surface area contributed by atoms with Crippen molar-refractivity contribution in [3.8, 4) is 0 Å². The van der Waals surface area contributed by atoms with Crippen molar-refractivity contribution in [2.24, 2.45) is 0 Å². The largest absolute Gasteiger partial charge is 0.463 e. The van der Waals surface area contributed by atoms with E-state index in [0.29, 0.717) is 13.2 Å². The molecule has 116 valence electrons. The summed E-state index contributed by atoms with van der Waals surface area (Å²) in [6.45, 7) is 5.06. The predicted molar refractivity (Wildman–Crippen MR) is 79.3 cm³/mol. The summed E-state index contributed by atoms with van der Waals surface area (Å²) in [5, 5.41) is 0. The summed E-state index contributed by atoms with van der Waals surface area (Å²) in [6.07, 6.45) is 10.8. The van der Waals surface area contributed by atoms with Crippen molar-refractivity contribution in [2.45, 2.75) is 65.2 Å². The molecule has 0 N–H and O–H groups in total. The van der Waals surface area contributed by atoms with E-state index in [-0.39, 0.29) is 0 Å². The van der Waals surface area contributed by atoms with Gasteiger partial charge in [-0.1, -0.05) is 52.4 Å². The summed E-state index contributed by atoms with van der Waals surface area (Å²) in [7, 11) is 0. The summed E-state index contributed by atoms with van der Waals surface area (Å²) >= 11 is 0. The van der Waals surface area contributed by atoms with Crippen molar-refractivity contribution in [2.75, 3.05) is 13.2 Å². The van der Waals surface area contributed by atoms with Crippen molar-refractivity contribution < 1.29 is 19.1 Å². The van der Waals surface area contributed by atoms with Gasteiger partial charge in [-0.2, -0.15) is 0 Å². The molecule has 0 heterocycles. The fourth-order valence-electron chi connectivity index (χ4n) is 1.64. The average Bonchev–Trinajstić information content (AvgIpc) is 2.45. The molecule has 0 fully saturated rings. The van der Waals surface area contributed by atoms with Gasteiger partial charge >= 0.3 is 11.9 Å². The fraction of sp³-hybridized carbons (Fsp3) is 0.750. The first kappa shape index (κ1) is 18.7. The highest BCUT2D eigenvalue weighted by Gasteiger charge is 2.00. The Hall–Kier alpha value is -1.32. The van der Waals surface area contributed by atoms with Crippen molar-refractivity contribution in [1.29, 1.82) is 0 Å². The third-order valence-electron chi connectivity index (χ3n) is 2.84. The SMILES string of the molecule is CCCCCCCOC(=O)/C=C/C(=O)OCCCCC. The van der Waals surface area contributed by atoms with Gasteiger partial charge in [0.2, 0.25) is 0 Å². The van der Waals surface area contributed by atoms with Gasteiger partial charge in [-0.15, -0.1) is 0 Å². The van der Waals surface area contributed by atoms with E-state index in [4.69, 9.17) is 9.47 Å². The molecule has 0 saturated heterocycles.